The summed E-state index contributed by atoms with van der Waals surface area (Å²) in [5.41, 5.74) is 9.50. The van der Waals surface area contributed by atoms with Crippen LogP contribution in [0.15, 0.2) is 42.5 Å². The average molecular weight is 661 g/mol. The number of nitrogens with one attached hydrogen (secondary N) is 1. The fraction of sp³-hybridized carbons (Fsp3) is 0.571. The highest BCUT2D eigenvalue weighted by molar-refractivity contribution is 8.01. The highest BCUT2D eigenvalue weighted by Gasteiger charge is 2.44. The normalized spacial score (nSPS) is 24.3. The van der Waals surface area contributed by atoms with Gasteiger partial charge in [0.15, 0.2) is 0 Å². The quantitative estimate of drug-likeness (QED) is 0.354. The van der Waals surface area contributed by atoms with Crippen LogP contribution in [0.3, 0.4) is 0 Å². The average Bonchev–Trinajstić information content (AvgIpc) is 3.53. The number of para-hydroxylation sites is 2. The van der Waals surface area contributed by atoms with Crippen LogP contribution in [0.5, 0.6) is 0 Å². The number of nitrogens with zero attached hydrogens (tertiary/aromatic N) is 4. The fourth-order valence-electron chi connectivity index (χ4n) is 7.16. The third-order valence-electron chi connectivity index (χ3n) is 9.82. The molecular formula is C35H57FN6O3S. The summed E-state index contributed by atoms with van der Waals surface area (Å²) in [6, 6.07) is 13.0. The molecule has 6 rings (SSSR count). The van der Waals surface area contributed by atoms with Crippen LogP contribution in [0.25, 0.3) is 0 Å². The summed E-state index contributed by atoms with van der Waals surface area (Å²) in [5.74, 6) is -0.408. The van der Waals surface area contributed by atoms with Crippen molar-refractivity contribution in [2.75, 3.05) is 49.5 Å². The standard InChI is InChI=1S/C35H47FN6O3S.5H2/c1-35(2,3)15-20-42-32(44)29(46-33(42)26-8-6-9-27(36)31(26)40-16-12-24(37)22-40)21-30(43)39-17-13-25(14-18-39)41-19-11-23-7-4-5-10-28(23)38-34(41)45;;;;;/h4-10,24-25,29,33H,11-22,37H2,1-3H3,(H,38,45);5*1H/t24?,29-,33?;;;;;/m0...../s1. The van der Waals surface area contributed by atoms with E-state index in [2.05, 4.69) is 32.2 Å². The molecule has 3 fully saturated rings. The number of carbonyl (C=O) groups is 3. The summed E-state index contributed by atoms with van der Waals surface area (Å²) in [6.45, 7) is 9.96. The predicted molar refractivity (Wildman–Crippen MR) is 192 cm³/mol. The third kappa shape index (κ3) is 7.00. The molecular weight excluding hydrogens is 603 g/mol. The molecule has 9 nitrogen and oxygen atoms in total. The number of hydrogen-bond acceptors (Lipinski definition) is 6. The van der Waals surface area contributed by atoms with Gasteiger partial charge in [-0.3, -0.25) is 9.59 Å². The molecule has 4 aliphatic heterocycles. The Morgan fingerprint density at radius 1 is 1.04 bits per heavy atom. The molecule has 0 radical (unpaired) electrons. The Morgan fingerprint density at radius 2 is 1.80 bits per heavy atom. The van der Waals surface area contributed by atoms with Gasteiger partial charge < -0.3 is 30.7 Å². The van der Waals surface area contributed by atoms with Crippen LogP contribution in [0.2, 0.25) is 0 Å². The van der Waals surface area contributed by atoms with Crippen LogP contribution in [-0.4, -0.2) is 89.1 Å². The van der Waals surface area contributed by atoms with Gasteiger partial charge in [-0.2, -0.15) is 0 Å². The number of likely N-dealkylation sites (tertiary alicyclic amines) is 1. The van der Waals surface area contributed by atoms with Crippen LogP contribution in [0.1, 0.15) is 76.5 Å². The summed E-state index contributed by atoms with van der Waals surface area (Å²) in [7, 11) is 0. The maximum Gasteiger partial charge on any atom is 0.322 e. The Hall–Kier alpha value is -3.31. The minimum Gasteiger partial charge on any atom is -0.367 e. The largest absolute Gasteiger partial charge is 0.367 e. The number of piperidine rings is 1. The topological polar surface area (TPSA) is 102 Å². The van der Waals surface area contributed by atoms with Gasteiger partial charge in [0.2, 0.25) is 11.8 Å². The number of nitrogens with two attached hydrogens (primary N) is 1. The Morgan fingerprint density at radius 3 is 2.52 bits per heavy atom. The molecule has 2 unspecified atom stereocenters. The first-order valence-corrected chi connectivity index (χ1v) is 17.6. The lowest BCUT2D eigenvalue weighted by Gasteiger charge is -2.38. The van der Waals surface area contributed by atoms with Gasteiger partial charge in [-0.25, -0.2) is 9.18 Å². The minimum atomic E-state index is -0.540. The first-order valence-electron chi connectivity index (χ1n) is 16.7. The summed E-state index contributed by atoms with van der Waals surface area (Å²) in [5, 5.41) is 2.13. The van der Waals surface area contributed by atoms with E-state index in [4.69, 9.17) is 5.73 Å². The SMILES string of the molecule is CC(C)(C)CCN1C(=O)[C@H](CC(=O)N2CCC(N3CCc4ccccc4NC3=O)CC2)SC1c1cccc(F)c1N1CCC(N)C1.[HH].[HH].[HH].[HH].[HH]. The Labute approximate surface area is 283 Å². The number of rotatable bonds is 7. The molecule has 46 heavy (non-hydrogen) atoms. The number of halogens is 1. The van der Waals surface area contributed by atoms with Crippen molar-refractivity contribution < 1.29 is 25.9 Å². The number of anilines is 2. The molecule has 0 aliphatic carbocycles. The minimum absolute atomic E-state index is 0. The van der Waals surface area contributed by atoms with E-state index >= 15 is 4.39 Å². The zero-order chi connectivity index (χ0) is 32.6. The lowest BCUT2D eigenvalue weighted by atomic mass is 9.92. The molecule has 4 amide bonds. The van der Waals surface area contributed by atoms with Gasteiger partial charge in [0, 0.05) is 76.2 Å². The van der Waals surface area contributed by atoms with Crippen molar-refractivity contribution in [3.8, 4) is 0 Å². The maximum absolute atomic E-state index is 15.4. The number of benzene rings is 2. The predicted octanol–water partition coefficient (Wildman–Crippen LogP) is 6.44. The molecule has 2 aromatic carbocycles. The first-order chi connectivity index (χ1) is 22.0. The molecule has 3 atom stereocenters. The van der Waals surface area contributed by atoms with Crippen molar-refractivity contribution in [1.82, 2.24) is 14.7 Å². The molecule has 4 heterocycles. The number of hydrogen-bond donors (Lipinski definition) is 2. The van der Waals surface area contributed by atoms with Gasteiger partial charge in [0.05, 0.1) is 10.9 Å². The molecule has 0 bridgehead atoms. The molecule has 0 saturated carbocycles. The fourth-order valence-corrected chi connectivity index (χ4v) is 8.65. The molecule has 0 aromatic heterocycles. The zero-order valence-corrected chi connectivity index (χ0v) is 28.0. The van der Waals surface area contributed by atoms with Gasteiger partial charge >= 0.3 is 6.03 Å². The third-order valence-corrected chi connectivity index (χ3v) is 11.3. The monoisotopic (exact) mass is 660 g/mol. The number of carbonyl (C=O) groups excluding carboxylic acids is 3. The van der Waals surface area contributed by atoms with E-state index < -0.39 is 5.25 Å². The number of fused-ring (bicyclic) bond motifs is 1. The lowest BCUT2D eigenvalue weighted by Crippen LogP contribution is -2.50. The van der Waals surface area contributed by atoms with Gasteiger partial charge in [0.25, 0.3) is 0 Å². The smallest absolute Gasteiger partial charge is 0.322 e. The lowest BCUT2D eigenvalue weighted by molar-refractivity contribution is -0.137. The molecule has 0 spiro atoms. The van der Waals surface area contributed by atoms with Crippen molar-refractivity contribution in [2.24, 2.45) is 11.1 Å². The second-order valence-corrected chi connectivity index (χ2v) is 15.6. The van der Waals surface area contributed by atoms with E-state index in [1.807, 2.05) is 43.9 Å². The van der Waals surface area contributed by atoms with Gasteiger partial charge in [-0.05, 0) is 55.2 Å². The molecule has 11 heteroatoms. The Bertz CT molecular complexity index is 1480. The van der Waals surface area contributed by atoms with Crippen LogP contribution in [-0.2, 0) is 16.0 Å². The molecule has 4 aliphatic rings. The van der Waals surface area contributed by atoms with Gasteiger partial charge in [-0.1, -0.05) is 51.1 Å². The van der Waals surface area contributed by atoms with Crippen molar-refractivity contribution in [2.45, 2.75) is 82.0 Å². The van der Waals surface area contributed by atoms with E-state index in [9.17, 15) is 14.4 Å². The summed E-state index contributed by atoms with van der Waals surface area (Å²) in [6.07, 6.45) is 3.88. The Balaban J connectivity index is 0.00000260. The number of urea groups is 1. The molecule has 258 valence electrons. The van der Waals surface area contributed by atoms with Crippen molar-refractivity contribution >= 4 is 41.0 Å². The number of thioether (sulfide) groups is 1. The summed E-state index contributed by atoms with van der Waals surface area (Å²) in [4.78, 5) is 48.3. The highest BCUT2D eigenvalue weighted by atomic mass is 32.2. The van der Waals surface area contributed by atoms with E-state index in [0.717, 1.165) is 36.1 Å². The van der Waals surface area contributed by atoms with Crippen LogP contribution in [0, 0.1) is 11.2 Å². The van der Waals surface area contributed by atoms with Gasteiger partial charge in [0.1, 0.15) is 11.2 Å². The molecule has 3 saturated heterocycles. The maximum atomic E-state index is 15.4. The van der Waals surface area contributed by atoms with Crippen LogP contribution >= 0.6 is 11.8 Å². The zero-order valence-electron chi connectivity index (χ0n) is 27.2. The van der Waals surface area contributed by atoms with E-state index in [1.165, 1.54) is 17.8 Å². The first kappa shape index (κ1) is 32.6. The van der Waals surface area contributed by atoms with Crippen LogP contribution < -0.4 is 16.0 Å². The van der Waals surface area contributed by atoms with Gasteiger partial charge in [-0.15, -0.1) is 11.8 Å². The van der Waals surface area contributed by atoms with Crippen LogP contribution in [0.4, 0.5) is 20.6 Å². The summed E-state index contributed by atoms with van der Waals surface area (Å²) < 4.78 is 15.4. The Kier molecular flexibility index (Phi) is 9.53. The second-order valence-electron chi connectivity index (χ2n) is 14.3. The van der Waals surface area contributed by atoms with E-state index in [0.29, 0.717) is 57.8 Å². The van der Waals surface area contributed by atoms with Crippen molar-refractivity contribution in [1.29, 1.82) is 0 Å². The summed E-state index contributed by atoms with van der Waals surface area (Å²) >= 11 is 1.47. The van der Waals surface area contributed by atoms with E-state index in [-0.39, 0.29) is 60.1 Å². The molecule has 2 aromatic rings. The second kappa shape index (κ2) is 13.4. The highest BCUT2D eigenvalue weighted by Crippen LogP contribution is 2.48. The van der Waals surface area contributed by atoms with Crippen molar-refractivity contribution in [3.63, 3.8) is 0 Å². The van der Waals surface area contributed by atoms with E-state index in [1.54, 1.807) is 6.07 Å². The van der Waals surface area contributed by atoms with Crippen molar-refractivity contribution in [3.05, 3.63) is 59.4 Å². The number of amides is 4. The molecule has 3 N–H and O–H groups in total.